The van der Waals surface area contributed by atoms with Crippen molar-refractivity contribution in [2.75, 3.05) is 0 Å². The third-order valence-electron chi connectivity index (χ3n) is 3.38. The Morgan fingerprint density at radius 3 is 3.06 bits per heavy atom. The molecule has 18 heavy (non-hydrogen) atoms. The van der Waals surface area contributed by atoms with E-state index < -0.39 is 5.60 Å². The smallest absolute Gasteiger partial charge is 0.261 e. The van der Waals surface area contributed by atoms with Gasteiger partial charge in [0.05, 0.1) is 23.0 Å². The van der Waals surface area contributed by atoms with Crippen molar-refractivity contribution in [1.82, 2.24) is 9.55 Å². The Kier molecular flexibility index (Phi) is 2.57. The zero-order valence-electron chi connectivity index (χ0n) is 9.98. The van der Waals surface area contributed by atoms with Gasteiger partial charge in [-0.05, 0) is 31.5 Å². The molecule has 5 heteroatoms. The fraction of sp³-hybridized carbons (Fsp3) is 0.385. The molecule has 1 aliphatic heterocycles. The normalized spacial score (nSPS) is 23.1. The number of fused-ring (bicyclic) bond motifs is 2. The van der Waals surface area contributed by atoms with Crippen LogP contribution in [0, 0.1) is 0 Å². The van der Waals surface area contributed by atoms with Crippen LogP contribution < -0.4 is 5.56 Å². The summed E-state index contributed by atoms with van der Waals surface area (Å²) >= 11 is 3.38. The van der Waals surface area contributed by atoms with Crippen LogP contribution in [0.1, 0.15) is 19.2 Å². The van der Waals surface area contributed by atoms with E-state index in [2.05, 4.69) is 20.9 Å². The van der Waals surface area contributed by atoms with Crippen molar-refractivity contribution in [3.8, 4) is 0 Å². The Labute approximate surface area is 112 Å². The first-order valence-corrected chi connectivity index (χ1v) is 6.67. The minimum atomic E-state index is -0.818. The van der Waals surface area contributed by atoms with Gasteiger partial charge in [-0.25, -0.2) is 4.98 Å². The molecule has 1 atom stereocenters. The maximum atomic E-state index is 12.4. The zero-order chi connectivity index (χ0) is 12.9. The molecule has 0 saturated carbocycles. The quantitative estimate of drug-likeness (QED) is 0.808. The summed E-state index contributed by atoms with van der Waals surface area (Å²) in [7, 11) is 0. The summed E-state index contributed by atoms with van der Waals surface area (Å²) in [6, 6.07) is 5.45. The van der Waals surface area contributed by atoms with Gasteiger partial charge in [0.25, 0.3) is 5.56 Å². The average Bonchev–Trinajstić information content (AvgIpc) is 2.30. The summed E-state index contributed by atoms with van der Waals surface area (Å²) in [5.41, 5.74) is -0.175. The summed E-state index contributed by atoms with van der Waals surface area (Å²) in [5.74, 6) is 0.761. The fourth-order valence-electron chi connectivity index (χ4n) is 2.39. The molecule has 1 aromatic heterocycles. The minimum Gasteiger partial charge on any atom is -0.388 e. The number of aryl methyl sites for hydroxylation is 1. The average molecular weight is 309 g/mol. The Morgan fingerprint density at radius 2 is 2.28 bits per heavy atom. The molecule has 0 fully saturated rings. The second-order valence-corrected chi connectivity index (χ2v) is 5.99. The Morgan fingerprint density at radius 1 is 1.50 bits per heavy atom. The highest BCUT2D eigenvalue weighted by atomic mass is 79.9. The van der Waals surface area contributed by atoms with Crippen molar-refractivity contribution in [2.45, 2.75) is 31.9 Å². The van der Waals surface area contributed by atoms with Gasteiger partial charge in [-0.2, -0.15) is 0 Å². The first kappa shape index (κ1) is 11.9. The molecule has 2 heterocycles. The van der Waals surface area contributed by atoms with Gasteiger partial charge in [-0.15, -0.1) is 0 Å². The monoisotopic (exact) mass is 308 g/mol. The van der Waals surface area contributed by atoms with Crippen molar-refractivity contribution in [1.29, 1.82) is 0 Å². The first-order chi connectivity index (χ1) is 8.46. The number of benzene rings is 1. The second kappa shape index (κ2) is 3.90. The molecule has 1 aromatic carbocycles. The second-order valence-electron chi connectivity index (χ2n) is 5.08. The van der Waals surface area contributed by atoms with Crippen LogP contribution in [0.15, 0.2) is 27.5 Å². The van der Waals surface area contributed by atoms with Gasteiger partial charge in [0, 0.05) is 10.9 Å². The third kappa shape index (κ3) is 1.87. The number of aliphatic hydroxyl groups is 1. The maximum absolute atomic E-state index is 12.4. The largest absolute Gasteiger partial charge is 0.388 e. The SMILES string of the molecule is CC1(O)CCc2nc3cc(Br)ccc3c(=O)n2C1. The van der Waals surface area contributed by atoms with Crippen LogP contribution >= 0.6 is 15.9 Å². The van der Waals surface area contributed by atoms with Crippen molar-refractivity contribution >= 4 is 26.8 Å². The third-order valence-corrected chi connectivity index (χ3v) is 3.88. The van der Waals surface area contributed by atoms with Crippen molar-refractivity contribution in [3.63, 3.8) is 0 Å². The van der Waals surface area contributed by atoms with Gasteiger partial charge in [0.15, 0.2) is 0 Å². The van der Waals surface area contributed by atoms with Crippen LogP contribution in [-0.4, -0.2) is 20.3 Å². The van der Waals surface area contributed by atoms with Crippen LogP contribution in [0.4, 0.5) is 0 Å². The van der Waals surface area contributed by atoms with E-state index in [0.29, 0.717) is 30.3 Å². The zero-order valence-corrected chi connectivity index (χ0v) is 11.6. The number of halogens is 1. The van der Waals surface area contributed by atoms with E-state index in [-0.39, 0.29) is 5.56 Å². The highest BCUT2D eigenvalue weighted by Crippen LogP contribution is 2.23. The van der Waals surface area contributed by atoms with Gasteiger partial charge in [-0.1, -0.05) is 15.9 Å². The highest BCUT2D eigenvalue weighted by Gasteiger charge is 2.29. The molecular weight excluding hydrogens is 296 g/mol. The predicted octanol–water partition coefficient (Wildman–Crippen LogP) is 1.86. The molecule has 0 saturated heterocycles. The minimum absolute atomic E-state index is 0.0672. The van der Waals surface area contributed by atoms with Crippen LogP contribution in [0.3, 0.4) is 0 Å². The number of rotatable bonds is 0. The van der Waals surface area contributed by atoms with Gasteiger partial charge < -0.3 is 5.11 Å². The molecule has 0 bridgehead atoms. The van der Waals surface area contributed by atoms with E-state index in [1.165, 1.54) is 0 Å². The lowest BCUT2D eigenvalue weighted by Gasteiger charge is -2.30. The number of hydrogen-bond acceptors (Lipinski definition) is 3. The molecule has 0 spiro atoms. The molecule has 0 radical (unpaired) electrons. The first-order valence-electron chi connectivity index (χ1n) is 5.88. The molecule has 1 unspecified atom stereocenters. The predicted molar refractivity (Wildman–Crippen MR) is 72.6 cm³/mol. The Bertz CT molecular complexity index is 691. The summed E-state index contributed by atoms with van der Waals surface area (Å²) in [6.45, 7) is 2.08. The molecule has 0 aliphatic carbocycles. The maximum Gasteiger partial charge on any atom is 0.261 e. The number of hydrogen-bond donors (Lipinski definition) is 1. The van der Waals surface area contributed by atoms with Gasteiger partial charge in [0.1, 0.15) is 5.82 Å². The number of nitrogens with zero attached hydrogens (tertiary/aromatic N) is 2. The molecule has 0 amide bonds. The molecule has 4 nitrogen and oxygen atoms in total. The van der Waals surface area contributed by atoms with Crippen molar-refractivity contribution in [2.24, 2.45) is 0 Å². The topological polar surface area (TPSA) is 55.1 Å². The van der Waals surface area contributed by atoms with Crippen LogP contribution in [0.5, 0.6) is 0 Å². The van der Waals surface area contributed by atoms with Crippen molar-refractivity contribution < 1.29 is 5.11 Å². The van der Waals surface area contributed by atoms with Gasteiger partial charge in [0.2, 0.25) is 0 Å². The highest BCUT2D eigenvalue weighted by molar-refractivity contribution is 9.10. The number of aromatic nitrogens is 2. The summed E-state index contributed by atoms with van der Waals surface area (Å²) < 4.78 is 2.51. The fourth-order valence-corrected chi connectivity index (χ4v) is 2.74. The van der Waals surface area contributed by atoms with E-state index in [9.17, 15) is 9.90 Å². The standard InChI is InChI=1S/C13H13BrN2O2/c1-13(18)5-4-11-15-10-6-8(14)2-3-9(10)12(17)16(11)7-13/h2-3,6,18H,4-5,7H2,1H3. The molecule has 2 aromatic rings. The van der Waals surface area contributed by atoms with Gasteiger partial charge in [-0.3, -0.25) is 9.36 Å². The van der Waals surface area contributed by atoms with E-state index in [1.807, 2.05) is 12.1 Å². The van der Waals surface area contributed by atoms with Crippen LogP contribution in [0.25, 0.3) is 10.9 Å². The lowest BCUT2D eigenvalue weighted by Crippen LogP contribution is -2.42. The molecule has 3 rings (SSSR count). The van der Waals surface area contributed by atoms with Gasteiger partial charge >= 0.3 is 0 Å². The summed E-state index contributed by atoms with van der Waals surface area (Å²) in [5, 5.41) is 10.7. The Hall–Kier alpha value is -1.20. The van der Waals surface area contributed by atoms with E-state index in [0.717, 1.165) is 10.3 Å². The van der Waals surface area contributed by atoms with E-state index in [1.54, 1.807) is 17.6 Å². The summed E-state index contributed by atoms with van der Waals surface area (Å²) in [4.78, 5) is 16.9. The lowest BCUT2D eigenvalue weighted by atomic mass is 9.96. The van der Waals surface area contributed by atoms with Crippen LogP contribution in [-0.2, 0) is 13.0 Å². The Balaban J connectivity index is 2.30. The molecule has 1 N–H and O–H groups in total. The van der Waals surface area contributed by atoms with Crippen LogP contribution in [0.2, 0.25) is 0 Å². The summed E-state index contributed by atoms with van der Waals surface area (Å²) in [6.07, 6.45) is 1.27. The molecular formula is C13H13BrN2O2. The molecule has 1 aliphatic rings. The van der Waals surface area contributed by atoms with Crippen molar-refractivity contribution in [3.05, 3.63) is 38.9 Å². The lowest BCUT2D eigenvalue weighted by molar-refractivity contribution is 0.0199. The van der Waals surface area contributed by atoms with E-state index in [4.69, 9.17) is 0 Å². The molecule has 94 valence electrons. The van der Waals surface area contributed by atoms with E-state index >= 15 is 0 Å².